The zero-order valence-electron chi connectivity index (χ0n) is 28.4. The van der Waals surface area contributed by atoms with E-state index >= 15 is 0 Å². The molecule has 2 aromatic heterocycles. The summed E-state index contributed by atoms with van der Waals surface area (Å²) in [6.07, 6.45) is 8.47. The number of rotatable bonds is 6. The summed E-state index contributed by atoms with van der Waals surface area (Å²) in [4.78, 5) is 0. The summed E-state index contributed by atoms with van der Waals surface area (Å²) in [5, 5.41) is 6.76. The van der Waals surface area contributed by atoms with Crippen LogP contribution in [0.5, 0.6) is 0 Å². The van der Waals surface area contributed by atoms with Crippen molar-refractivity contribution in [3.8, 4) is 16.2 Å². The van der Waals surface area contributed by atoms with Crippen LogP contribution in [0.4, 0.5) is 0 Å². The van der Waals surface area contributed by atoms with Gasteiger partial charge in [0.05, 0.1) is 0 Å². The van der Waals surface area contributed by atoms with Crippen LogP contribution in [0.3, 0.4) is 0 Å². The Balaban J connectivity index is 1.47. The first-order valence-corrected chi connectivity index (χ1v) is 21.3. The Labute approximate surface area is 321 Å². The minimum atomic E-state index is -2.52. The summed E-state index contributed by atoms with van der Waals surface area (Å²) in [5.41, 5.74) is 8.36. The molecule has 1 aliphatic heterocycles. The van der Waals surface area contributed by atoms with Gasteiger partial charge in [-0.25, -0.2) is 0 Å². The van der Waals surface area contributed by atoms with Crippen molar-refractivity contribution in [2.75, 3.05) is 13.2 Å². The van der Waals surface area contributed by atoms with E-state index in [0.29, 0.717) is 13.2 Å². The molecular formula is C43H31N4OOsPS2+. The number of fused-ring (bicyclic) bond motifs is 5. The third kappa shape index (κ3) is 6.05. The third-order valence-electron chi connectivity index (χ3n) is 9.27. The van der Waals surface area contributed by atoms with Crippen LogP contribution in [-0.2, 0) is 22.7 Å². The SMILES string of the molecule is CC=C1COCC1=CC(C#Cc1cc2c(cc(/C=C/C)c3nsnc32)c2nsnc12)=C([C]#[Os])[P+](c1ccccc1)(c1ccccc1)c1ccccc1. The number of hydrogen-bond acceptors (Lipinski definition) is 7. The van der Waals surface area contributed by atoms with E-state index in [2.05, 4.69) is 149 Å². The van der Waals surface area contributed by atoms with Gasteiger partial charge in [0.2, 0.25) is 0 Å². The minimum absolute atomic E-state index is 0.525. The summed E-state index contributed by atoms with van der Waals surface area (Å²) in [5.74, 6) is 7.35. The number of nitrogens with zero attached hydrogens (tertiary/aromatic N) is 4. The molecule has 0 spiro atoms. The Hall–Kier alpha value is -4.67. The molecule has 1 fully saturated rings. The molecule has 0 N–H and O–H groups in total. The predicted molar refractivity (Wildman–Crippen MR) is 216 cm³/mol. The summed E-state index contributed by atoms with van der Waals surface area (Å²) >= 11 is 4.19. The molecule has 3 heterocycles. The van der Waals surface area contributed by atoms with E-state index in [1.165, 1.54) is 44.9 Å². The van der Waals surface area contributed by atoms with Crippen LogP contribution in [0, 0.1) is 16.2 Å². The second-order valence-corrected chi connectivity index (χ2v) is 17.2. The molecule has 253 valence electrons. The van der Waals surface area contributed by atoms with Crippen molar-refractivity contribution in [2.24, 2.45) is 0 Å². The van der Waals surface area contributed by atoms with E-state index in [-0.39, 0.29) is 0 Å². The second-order valence-electron chi connectivity index (χ2n) is 12.2. The fourth-order valence-corrected chi connectivity index (χ4v) is 13.8. The normalized spacial score (nSPS) is 15.4. The van der Waals surface area contributed by atoms with Crippen LogP contribution < -0.4 is 15.9 Å². The quantitative estimate of drug-likeness (QED) is 0.123. The van der Waals surface area contributed by atoms with Crippen molar-refractivity contribution in [3.05, 3.63) is 155 Å². The van der Waals surface area contributed by atoms with Crippen molar-refractivity contribution in [2.45, 2.75) is 13.8 Å². The maximum absolute atomic E-state index is 5.98. The second kappa shape index (κ2) is 15.1. The Morgan fingerprint density at radius 3 is 1.83 bits per heavy atom. The van der Waals surface area contributed by atoms with Gasteiger partial charge in [0.15, 0.2) is 0 Å². The fraction of sp³-hybridized carbons (Fsp3) is 0.0930. The van der Waals surface area contributed by atoms with Gasteiger partial charge >= 0.3 is 311 Å². The molecule has 1 saturated heterocycles. The van der Waals surface area contributed by atoms with Crippen LogP contribution in [0.25, 0.3) is 38.9 Å². The van der Waals surface area contributed by atoms with E-state index < -0.39 is 7.26 Å². The van der Waals surface area contributed by atoms with E-state index in [1.54, 1.807) is 17.9 Å². The molecule has 1 aliphatic rings. The van der Waals surface area contributed by atoms with Gasteiger partial charge < -0.3 is 0 Å². The zero-order valence-corrected chi connectivity index (χ0v) is 33.4. The Morgan fingerprint density at radius 2 is 1.25 bits per heavy atom. The molecule has 0 bridgehead atoms. The van der Waals surface area contributed by atoms with Gasteiger partial charge in [-0.2, -0.15) is 0 Å². The van der Waals surface area contributed by atoms with Gasteiger partial charge in [-0.05, 0) is 6.92 Å². The standard InChI is InChI=1S/C43H31N4OPS2.Os/c1-4-15-32-25-38-39(42-40(32)44-50-46-42)26-33(41-43(38)47-51-45-41)23-22-31(24-34-28-48-27-30(34)5-2)29(3)49(35-16-9-6-10-17-35,36-18-11-7-12-19-36)37-20-13-8-14-21-37;/h4-21,24-26H,27-28H2,1-2H3;/q+1;/b15-4+,30-5?,31-29?,34-24?;. The van der Waals surface area contributed by atoms with Gasteiger partial charge in [-0.15, -0.1) is 0 Å². The molecule has 0 saturated carbocycles. The van der Waals surface area contributed by atoms with E-state index in [9.17, 15) is 0 Å². The topological polar surface area (TPSA) is 60.8 Å². The van der Waals surface area contributed by atoms with Crippen LogP contribution >= 0.6 is 30.7 Å². The summed E-state index contributed by atoms with van der Waals surface area (Å²) in [7, 11) is -2.52. The molecule has 5 nitrogen and oxygen atoms in total. The van der Waals surface area contributed by atoms with Crippen molar-refractivity contribution in [3.63, 3.8) is 0 Å². The van der Waals surface area contributed by atoms with Gasteiger partial charge in [0.1, 0.15) is 0 Å². The number of aromatic nitrogens is 4. The first-order chi connectivity index (χ1) is 25.7. The molecule has 7 aromatic rings. The first-order valence-electron chi connectivity index (χ1n) is 16.8. The molecule has 52 heavy (non-hydrogen) atoms. The third-order valence-corrected chi connectivity index (χ3v) is 15.7. The molecule has 9 heteroatoms. The van der Waals surface area contributed by atoms with Gasteiger partial charge in [0.25, 0.3) is 0 Å². The van der Waals surface area contributed by atoms with Crippen molar-refractivity contribution < 1.29 is 22.7 Å². The van der Waals surface area contributed by atoms with E-state index in [0.717, 1.165) is 60.4 Å². The molecule has 0 aliphatic carbocycles. The monoisotopic (exact) mass is 906 g/mol. The van der Waals surface area contributed by atoms with Crippen molar-refractivity contribution >= 4 is 85.5 Å². The van der Waals surface area contributed by atoms with Gasteiger partial charge in [0, 0.05) is 0 Å². The van der Waals surface area contributed by atoms with Gasteiger partial charge in [-0.1, -0.05) is 6.08 Å². The molecule has 0 radical (unpaired) electrons. The fourth-order valence-electron chi connectivity index (χ4n) is 6.89. The molecule has 8 rings (SSSR count). The van der Waals surface area contributed by atoms with Gasteiger partial charge in [-0.3, -0.25) is 0 Å². The number of allylic oxidation sites excluding steroid dienone is 5. The average molecular weight is 905 g/mol. The van der Waals surface area contributed by atoms with E-state index in [1.807, 2.05) is 13.0 Å². The Morgan fingerprint density at radius 1 is 0.712 bits per heavy atom. The number of benzene rings is 5. The predicted octanol–water partition coefficient (Wildman–Crippen LogP) is 8.89. The van der Waals surface area contributed by atoms with Crippen LogP contribution in [0.15, 0.2) is 143 Å². The molecule has 0 unspecified atom stereocenters. The molecule has 5 aromatic carbocycles. The average Bonchev–Trinajstić information content (AvgIpc) is 3.99. The Kier molecular flexibility index (Phi) is 10.0. The van der Waals surface area contributed by atoms with Crippen molar-refractivity contribution in [1.29, 1.82) is 0 Å². The number of ether oxygens (including phenoxy) is 1. The summed E-state index contributed by atoms with van der Waals surface area (Å²) < 4.78 is 28.7. The maximum atomic E-state index is 5.98. The van der Waals surface area contributed by atoms with E-state index in [4.69, 9.17) is 17.9 Å². The first kappa shape index (κ1) is 34.4. The van der Waals surface area contributed by atoms with Crippen LogP contribution in [0.2, 0.25) is 0 Å². The van der Waals surface area contributed by atoms with Crippen LogP contribution in [-0.4, -0.2) is 30.7 Å². The van der Waals surface area contributed by atoms with Crippen molar-refractivity contribution in [1.82, 2.24) is 17.5 Å². The Bertz CT molecular complexity index is 2600. The molecule has 0 amide bonds. The van der Waals surface area contributed by atoms with Crippen LogP contribution in [0.1, 0.15) is 25.0 Å². The molecule has 0 atom stereocenters. The molecular weight excluding hydrogens is 874 g/mol. The number of hydrogen-bond donors (Lipinski definition) is 0. The zero-order chi connectivity index (χ0) is 35.5. The summed E-state index contributed by atoms with van der Waals surface area (Å²) in [6.45, 7) is 5.19. The summed E-state index contributed by atoms with van der Waals surface area (Å²) in [6, 6.07) is 36.8.